The van der Waals surface area contributed by atoms with E-state index in [0.29, 0.717) is 5.17 Å². The van der Waals surface area contributed by atoms with Crippen molar-refractivity contribution in [3.8, 4) is 0 Å². The first-order chi connectivity index (χ1) is 10.8. The number of aliphatic imine (C=N–C) groups is 1. The Labute approximate surface area is 154 Å². The zero-order chi connectivity index (χ0) is 16.8. The molecule has 2 aliphatic heterocycles. The Morgan fingerprint density at radius 1 is 1.39 bits per heavy atom. The van der Waals surface area contributed by atoms with Crippen molar-refractivity contribution in [2.45, 2.75) is 25.1 Å². The standard InChI is InChI=1S/C15H17IN2O3S2/c1-9(2)14(19)17-15-18(11-5-3-4-10(16)6-11)12-7-23(20,21)8-13(12)22-15/h3-6,9,12-13H,7-8H2,1-2H3. The fraction of sp³-hybridized carbons (Fsp3) is 0.467. The molecule has 0 saturated carbocycles. The predicted octanol–water partition coefficient (Wildman–Crippen LogP) is 2.55. The summed E-state index contributed by atoms with van der Waals surface area (Å²) in [6.45, 7) is 3.63. The zero-order valence-electron chi connectivity index (χ0n) is 12.8. The van der Waals surface area contributed by atoms with E-state index < -0.39 is 9.84 Å². The predicted molar refractivity (Wildman–Crippen MR) is 103 cm³/mol. The molecule has 2 aliphatic rings. The number of carbonyl (C=O) groups excluding carboxylic acids is 1. The molecule has 1 amide bonds. The number of amides is 1. The van der Waals surface area contributed by atoms with Crippen molar-refractivity contribution in [1.82, 2.24) is 0 Å². The first kappa shape index (κ1) is 17.2. The van der Waals surface area contributed by atoms with Gasteiger partial charge in [-0.3, -0.25) is 4.79 Å². The van der Waals surface area contributed by atoms with Gasteiger partial charge < -0.3 is 4.90 Å². The molecule has 8 heteroatoms. The Kier molecular flexibility index (Phi) is 4.76. The number of thioether (sulfide) groups is 1. The number of carbonyl (C=O) groups is 1. The molecule has 5 nitrogen and oxygen atoms in total. The molecule has 0 aliphatic carbocycles. The van der Waals surface area contributed by atoms with Crippen LogP contribution >= 0.6 is 34.4 Å². The number of fused-ring (bicyclic) bond motifs is 1. The van der Waals surface area contributed by atoms with Crippen molar-refractivity contribution in [3.63, 3.8) is 0 Å². The maximum Gasteiger partial charge on any atom is 0.250 e. The van der Waals surface area contributed by atoms with Crippen molar-refractivity contribution in [1.29, 1.82) is 0 Å². The molecule has 2 unspecified atom stereocenters. The van der Waals surface area contributed by atoms with E-state index in [0.717, 1.165) is 9.26 Å². The molecule has 2 saturated heterocycles. The van der Waals surface area contributed by atoms with E-state index in [4.69, 9.17) is 0 Å². The van der Waals surface area contributed by atoms with Gasteiger partial charge in [0.05, 0.1) is 17.5 Å². The van der Waals surface area contributed by atoms with E-state index in [-0.39, 0.29) is 34.6 Å². The van der Waals surface area contributed by atoms with Gasteiger partial charge in [-0.1, -0.05) is 31.7 Å². The Balaban J connectivity index is 2.02. The number of anilines is 1. The van der Waals surface area contributed by atoms with Crippen LogP contribution in [0.1, 0.15) is 13.8 Å². The molecule has 2 heterocycles. The van der Waals surface area contributed by atoms with Crippen LogP contribution in [-0.2, 0) is 14.6 Å². The minimum absolute atomic E-state index is 0.0587. The lowest BCUT2D eigenvalue weighted by Gasteiger charge is -2.24. The number of nitrogens with zero attached hydrogens (tertiary/aromatic N) is 2. The maximum absolute atomic E-state index is 12.0. The van der Waals surface area contributed by atoms with Crippen molar-refractivity contribution in [3.05, 3.63) is 27.8 Å². The average molecular weight is 464 g/mol. The average Bonchev–Trinajstić information content (AvgIpc) is 2.89. The molecular weight excluding hydrogens is 447 g/mol. The second-order valence-electron chi connectivity index (χ2n) is 6.04. The third kappa shape index (κ3) is 3.58. The lowest BCUT2D eigenvalue weighted by atomic mass is 10.2. The monoisotopic (exact) mass is 464 g/mol. The summed E-state index contributed by atoms with van der Waals surface area (Å²) in [5.41, 5.74) is 0.893. The summed E-state index contributed by atoms with van der Waals surface area (Å²) in [6.07, 6.45) is 0. The molecule has 1 aromatic rings. The van der Waals surface area contributed by atoms with Gasteiger partial charge in [-0.25, -0.2) is 8.42 Å². The summed E-state index contributed by atoms with van der Waals surface area (Å²) in [6, 6.07) is 7.68. The minimum Gasteiger partial charge on any atom is -0.316 e. The lowest BCUT2D eigenvalue weighted by molar-refractivity contribution is -0.120. The van der Waals surface area contributed by atoms with Gasteiger partial charge >= 0.3 is 0 Å². The van der Waals surface area contributed by atoms with Gasteiger partial charge in [0, 0.05) is 20.4 Å². The molecule has 124 valence electrons. The number of sulfone groups is 1. The van der Waals surface area contributed by atoms with Crippen LogP contribution in [0, 0.1) is 9.49 Å². The van der Waals surface area contributed by atoms with E-state index in [9.17, 15) is 13.2 Å². The lowest BCUT2D eigenvalue weighted by Crippen LogP contribution is -2.37. The normalized spacial score (nSPS) is 27.7. The van der Waals surface area contributed by atoms with Crippen molar-refractivity contribution >= 4 is 61.0 Å². The largest absolute Gasteiger partial charge is 0.316 e. The molecule has 2 atom stereocenters. The second-order valence-corrected chi connectivity index (χ2v) is 10.6. The Bertz CT molecular complexity index is 777. The highest BCUT2D eigenvalue weighted by molar-refractivity contribution is 14.1. The summed E-state index contributed by atoms with van der Waals surface area (Å²) in [5.74, 6) is -0.0844. The first-order valence-corrected chi connectivity index (χ1v) is 11.1. The summed E-state index contributed by atoms with van der Waals surface area (Å²) in [4.78, 5) is 18.2. The zero-order valence-corrected chi connectivity index (χ0v) is 16.6. The highest BCUT2D eigenvalue weighted by Crippen LogP contribution is 2.41. The van der Waals surface area contributed by atoms with E-state index in [2.05, 4.69) is 27.6 Å². The molecule has 1 aromatic carbocycles. The third-order valence-corrected chi connectivity index (χ3v) is 7.73. The molecule has 3 rings (SSSR count). The van der Waals surface area contributed by atoms with Gasteiger partial charge in [-0.15, -0.1) is 0 Å². The van der Waals surface area contributed by atoms with Crippen molar-refractivity contribution < 1.29 is 13.2 Å². The smallest absolute Gasteiger partial charge is 0.250 e. The molecule has 0 bridgehead atoms. The summed E-state index contributed by atoms with van der Waals surface area (Å²) in [5, 5.41) is 0.562. The van der Waals surface area contributed by atoms with Crippen molar-refractivity contribution in [2.24, 2.45) is 10.9 Å². The van der Waals surface area contributed by atoms with Crippen LogP contribution in [-0.4, -0.2) is 42.3 Å². The van der Waals surface area contributed by atoms with Crippen LogP contribution in [0.5, 0.6) is 0 Å². The number of halogens is 1. The van der Waals surface area contributed by atoms with Crippen LogP contribution < -0.4 is 4.90 Å². The topological polar surface area (TPSA) is 66.8 Å². The van der Waals surface area contributed by atoms with Gasteiger partial charge in [0.25, 0.3) is 5.91 Å². The molecule has 0 N–H and O–H groups in total. The van der Waals surface area contributed by atoms with Gasteiger partial charge in [0.2, 0.25) is 0 Å². The first-order valence-electron chi connectivity index (χ1n) is 7.31. The minimum atomic E-state index is -3.03. The second kappa shape index (κ2) is 6.36. The van der Waals surface area contributed by atoms with E-state index in [1.165, 1.54) is 11.8 Å². The molecule has 23 heavy (non-hydrogen) atoms. The van der Waals surface area contributed by atoms with Crippen LogP contribution in [0.4, 0.5) is 5.69 Å². The van der Waals surface area contributed by atoms with Gasteiger partial charge in [-0.05, 0) is 40.8 Å². The van der Waals surface area contributed by atoms with E-state index in [1.807, 2.05) is 43.0 Å². The number of hydrogen-bond donors (Lipinski definition) is 0. The summed E-state index contributed by atoms with van der Waals surface area (Å²) >= 11 is 3.63. The Morgan fingerprint density at radius 3 is 2.78 bits per heavy atom. The van der Waals surface area contributed by atoms with Crippen molar-refractivity contribution in [2.75, 3.05) is 16.4 Å². The number of hydrogen-bond acceptors (Lipinski definition) is 4. The highest BCUT2D eigenvalue weighted by Gasteiger charge is 2.49. The molecule has 2 fully saturated rings. The highest BCUT2D eigenvalue weighted by atomic mass is 127. The fourth-order valence-electron chi connectivity index (χ4n) is 2.72. The molecular formula is C15H17IN2O3S2. The fourth-order valence-corrected chi connectivity index (χ4v) is 7.16. The number of rotatable bonds is 2. The number of amidine groups is 1. The van der Waals surface area contributed by atoms with E-state index in [1.54, 1.807) is 0 Å². The third-order valence-electron chi connectivity index (χ3n) is 3.85. The van der Waals surface area contributed by atoms with Crippen LogP contribution in [0.15, 0.2) is 29.3 Å². The SMILES string of the molecule is CC(C)C(=O)N=C1SC2CS(=O)(=O)CC2N1c1cccc(I)c1. The van der Waals surface area contributed by atoms with Crippen LogP contribution in [0.3, 0.4) is 0 Å². The van der Waals surface area contributed by atoms with Gasteiger partial charge in [0.15, 0.2) is 15.0 Å². The summed E-state index contributed by atoms with van der Waals surface area (Å²) < 4.78 is 25.0. The van der Waals surface area contributed by atoms with E-state index >= 15 is 0 Å². The molecule has 0 aromatic heterocycles. The summed E-state index contributed by atoms with van der Waals surface area (Å²) in [7, 11) is -3.03. The Hall–Kier alpha value is -0.610. The van der Waals surface area contributed by atoms with Gasteiger partial charge in [0.1, 0.15) is 0 Å². The number of benzene rings is 1. The quantitative estimate of drug-likeness (QED) is 0.630. The molecule has 0 spiro atoms. The maximum atomic E-state index is 12.0. The van der Waals surface area contributed by atoms with Crippen LogP contribution in [0.2, 0.25) is 0 Å². The van der Waals surface area contributed by atoms with Crippen LogP contribution in [0.25, 0.3) is 0 Å². The Morgan fingerprint density at radius 2 is 2.13 bits per heavy atom. The molecule has 0 radical (unpaired) electrons. The van der Waals surface area contributed by atoms with Gasteiger partial charge in [-0.2, -0.15) is 4.99 Å².